The molecule has 0 saturated heterocycles. The second-order valence-corrected chi connectivity index (χ2v) is 5.09. The third-order valence-corrected chi connectivity index (χ3v) is 3.19. The van der Waals surface area contributed by atoms with Crippen LogP contribution in [0.3, 0.4) is 0 Å². The van der Waals surface area contributed by atoms with Crippen LogP contribution in [0, 0.1) is 12.3 Å². The van der Waals surface area contributed by atoms with Crippen molar-refractivity contribution < 1.29 is 14.3 Å². The van der Waals surface area contributed by atoms with Crippen molar-refractivity contribution in [2.75, 3.05) is 13.2 Å². The lowest BCUT2D eigenvalue weighted by Crippen LogP contribution is -2.28. The van der Waals surface area contributed by atoms with Gasteiger partial charge in [-0.2, -0.15) is 5.10 Å². The van der Waals surface area contributed by atoms with Crippen LogP contribution >= 0.6 is 0 Å². The van der Waals surface area contributed by atoms with Gasteiger partial charge in [-0.15, -0.1) is 6.42 Å². The topological polar surface area (TPSA) is 81.9 Å². The van der Waals surface area contributed by atoms with E-state index in [9.17, 15) is 9.59 Å². The third kappa shape index (κ3) is 5.53. The minimum atomic E-state index is -0.409. The zero-order valence-electron chi connectivity index (χ0n) is 14.3. The molecule has 1 amide bonds. The number of nitrogens with one attached hydrogen (secondary N) is 1. The number of amides is 1. The van der Waals surface area contributed by atoms with Crippen molar-refractivity contribution in [2.24, 2.45) is 5.10 Å². The minimum absolute atomic E-state index is 0.111. The molecular formula is C19H19N3O4. The Balaban J connectivity index is 2.00. The fourth-order valence-electron chi connectivity index (χ4n) is 2.07. The molecule has 0 aliphatic carbocycles. The van der Waals surface area contributed by atoms with Crippen LogP contribution in [0.4, 0.5) is 0 Å². The highest BCUT2D eigenvalue weighted by Crippen LogP contribution is 2.27. The van der Waals surface area contributed by atoms with E-state index < -0.39 is 5.91 Å². The van der Waals surface area contributed by atoms with Crippen LogP contribution in [0.2, 0.25) is 0 Å². The highest BCUT2D eigenvalue weighted by atomic mass is 16.5. The molecule has 26 heavy (non-hydrogen) atoms. The Morgan fingerprint density at radius 1 is 1.31 bits per heavy atom. The molecule has 0 saturated carbocycles. The summed E-state index contributed by atoms with van der Waals surface area (Å²) < 4.78 is 12.2. The van der Waals surface area contributed by atoms with Crippen LogP contribution in [0.25, 0.3) is 0 Å². The number of hydrazone groups is 1. The van der Waals surface area contributed by atoms with Crippen molar-refractivity contribution in [1.29, 1.82) is 0 Å². The Hall–Kier alpha value is -3.53. The van der Waals surface area contributed by atoms with Gasteiger partial charge in [0.25, 0.3) is 11.5 Å². The van der Waals surface area contributed by atoms with E-state index in [0.29, 0.717) is 23.7 Å². The van der Waals surface area contributed by atoms with E-state index in [1.807, 2.05) is 6.92 Å². The van der Waals surface area contributed by atoms with E-state index in [-0.39, 0.29) is 18.7 Å². The average Bonchev–Trinajstić information content (AvgIpc) is 2.63. The van der Waals surface area contributed by atoms with Gasteiger partial charge in [0.05, 0.1) is 12.8 Å². The number of nitrogens with zero attached hydrogens (tertiary/aromatic N) is 2. The van der Waals surface area contributed by atoms with Crippen LogP contribution in [-0.4, -0.2) is 29.9 Å². The molecule has 134 valence electrons. The van der Waals surface area contributed by atoms with Crippen LogP contribution in [0.15, 0.2) is 52.5 Å². The summed E-state index contributed by atoms with van der Waals surface area (Å²) in [6.07, 6.45) is 8.20. The van der Waals surface area contributed by atoms with Gasteiger partial charge in [0.1, 0.15) is 13.2 Å². The SMILES string of the molecule is C#CCOc1ccc(/C=N\NC(=O)Cn2ccccc2=O)cc1OCC. The second-order valence-electron chi connectivity index (χ2n) is 5.09. The first-order valence-corrected chi connectivity index (χ1v) is 7.94. The first-order valence-electron chi connectivity index (χ1n) is 7.94. The summed E-state index contributed by atoms with van der Waals surface area (Å²) in [6, 6.07) is 9.88. The molecular weight excluding hydrogens is 334 g/mol. The molecule has 1 aromatic carbocycles. The van der Waals surface area contributed by atoms with Crippen molar-refractivity contribution >= 4 is 12.1 Å². The molecule has 0 fully saturated rings. The Kier molecular flexibility index (Phi) is 7.01. The Morgan fingerprint density at radius 3 is 2.88 bits per heavy atom. The quantitative estimate of drug-likeness (QED) is 0.442. The summed E-state index contributed by atoms with van der Waals surface area (Å²) in [4.78, 5) is 23.4. The van der Waals surface area contributed by atoms with Crippen LogP contribution in [-0.2, 0) is 11.3 Å². The molecule has 7 nitrogen and oxygen atoms in total. The fourth-order valence-corrected chi connectivity index (χ4v) is 2.07. The Morgan fingerprint density at radius 2 is 2.15 bits per heavy atom. The maximum Gasteiger partial charge on any atom is 0.260 e. The smallest absolute Gasteiger partial charge is 0.260 e. The molecule has 0 aliphatic rings. The van der Waals surface area contributed by atoms with Crippen LogP contribution in [0.1, 0.15) is 12.5 Å². The lowest BCUT2D eigenvalue weighted by atomic mass is 10.2. The third-order valence-electron chi connectivity index (χ3n) is 3.19. The first-order chi connectivity index (χ1) is 12.6. The number of carbonyl (C=O) groups excluding carboxylic acids is 1. The number of ether oxygens (including phenoxy) is 2. The summed E-state index contributed by atoms with van der Waals surface area (Å²) in [5.74, 6) is 3.06. The highest BCUT2D eigenvalue weighted by Gasteiger charge is 2.06. The number of carbonyl (C=O) groups is 1. The monoisotopic (exact) mass is 353 g/mol. The Labute approximate surface area is 151 Å². The van der Waals surface area contributed by atoms with Gasteiger partial charge in [-0.25, -0.2) is 5.43 Å². The summed E-state index contributed by atoms with van der Waals surface area (Å²) >= 11 is 0. The van der Waals surface area contributed by atoms with Gasteiger partial charge < -0.3 is 14.0 Å². The normalized spacial score (nSPS) is 10.3. The van der Waals surface area contributed by atoms with Gasteiger partial charge in [-0.1, -0.05) is 12.0 Å². The van der Waals surface area contributed by atoms with Crippen molar-refractivity contribution in [2.45, 2.75) is 13.5 Å². The molecule has 1 N–H and O–H groups in total. The van der Waals surface area contributed by atoms with E-state index in [1.165, 1.54) is 23.0 Å². The molecule has 0 unspecified atom stereocenters. The maximum atomic E-state index is 11.8. The summed E-state index contributed by atoms with van der Waals surface area (Å²) in [5.41, 5.74) is 2.83. The van der Waals surface area contributed by atoms with Crippen molar-refractivity contribution in [3.05, 3.63) is 58.5 Å². The van der Waals surface area contributed by atoms with Gasteiger partial charge in [0, 0.05) is 12.3 Å². The van der Waals surface area contributed by atoms with E-state index in [2.05, 4.69) is 16.4 Å². The number of benzene rings is 1. The second kappa shape index (κ2) is 9.69. The van der Waals surface area contributed by atoms with Gasteiger partial charge in [0.15, 0.2) is 11.5 Å². The van der Waals surface area contributed by atoms with Crippen LogP contribution < -0.4 is 20.5 Å². The minimum Gasteiger partial charge on any atom is -0.490 e. The number of terminal acetylenes is 1. The molecule has 2 aromatic rings. The van der Waals surface area contributed by atoms with E-state index >= 15 is 0 Å². The zero-order valence-corrected chi connectivity index (χ0v) is 14.3. The lowest BCUT2D eigenvalue weighted by molar-refractivity contribution is -0.121. The fraction of sp³-hybridized carbons (Fsp3) is 0.211. The van der Waals surface area contributed by atoms with E-state index in [4.69, 9.17) is 15.9 Å². The van der Waals surface area contributed by atoms with Crippen molar-refractivity contribution in [1.82, 2.24) is 9.99 Å². The molecule has 0 radical (unpaired) electrons. The van der Waals surface area contributed by atoms with Gasteiger partial charge in [-0.05, 0) is 36.8 Å². The molecule has 1 aromatic heterocycles. The molecule has 2 rings (SSSR count). The van der Waals surface area contributed by atoms with Crippen LogP contribution in [0.5, 0.6) is 11.5 Å². The average molecular weight is 353 g/mol. The van der Waals surface area contributed by atoms with E-state index in [0.717, 1.165) is 0 Å². The molecule has 0 aliphatic heterocycles. The predicted molar refractivity (Wildman–Crippen MR) is 98.4 cm³/mol. The first kappa shape index (κ1) is 18.8. The molecule has 0 spiro atoms. The molecule has 0 bridgehead atoms. The highest BCUT2D eigenvalue weighted by molar-refractivity contribution is 5.83. The lowest BCUT2D eigenvalue weighted by Gasteiger charge is -2.10. The van der Waals surface area contributed by atoms with Gasteiger partial charge in [0.2, 0.25) is 0 Å². The van der Waals surface area contributed by atoms with Gasteiger partial charge >= 0.3 is 0 Å². The van der Waals surface area contributed by atoms with E-state index in [1.54, 1.807) is 30.3 Å². The molecule has 7 heteroatoms. The predicted octanol–water partition coefficient (Wildman–Crippen LogP) is 1.41. The zero-order chi connectivity index (χ0) is 18.8. The summed E-state index contributed by atoms with van der Waals surface area (Å²) in [7, 11) is 0. The molecule has 1 heterocycles. The largest absolute Gasteiger partial charge is 0.490 e. The summed E-state index contributed by atoms with van der Waals surface area (Å²) in [5, 5.41) is 3.89. The number of aromatic nitrogens is 1. The number of rotatable bonds is 8. The standard InChI is InChI=1S/C19H19N3O4/c1-3-11-26-16-9-8-15(12-17(16)25-4-2)13-20-21-18(23)14-22-10-6-5-7-19(22)24/h1,5-10,12-13H,4,11,14H2,2H3,(H,21,23)/b20-13-. The Bertz CT molecular complexity index is 881. The molecule has 0 atom stereocenters. The van der Waals surface area contributed by atoms with Crippen molar-refractivity contribution in [3.63, 3.8) is 0 Å². The maximum absolute atomic E-state index is 11.8. The number of pyridine rings is 1. The number of hydrogen-bond acceptors (Lipinski definition) is 5. The van der Waals surface area contributed by atoms with Crippen molar-refractivity contribution in [3.8, 4) is 23.8 Å². The number of hydrogen-bond donors (Lipinski definition) is 1. The summed E-state index contributed by atoms with van der Waals surface area (Å²) in [6.45, 7) is 2.36. The van der Waals surface area contributed by atoms with Gasteiger partial charge in [-0.3, -0.25) is 9.59 Å².